The maximum absolute atomic E-state index is 12.5. The molecule has 1 aliphatic rings. The van der Waals surface area contributed by atoms with Crippen molar-refractivity contribution < 1.29 is 9.72 Å². The molecule has 1 amide bonds. The molecule has 1 fully saturated rings. The molecule has 0 atom stereocenters. The molecule has 1 aliphatic heterocycles. The van der Waals surface area contributed by atoms with Crippen molar-refractivity contribution in [2.24, 2.45) is 0 Å². The number of amides is 1. The van der Waals surface area contributed by atoms with Crippen LogP contribution < -0.4 is 4.90 Å². The molecule has 124 valence electrons. The quantitative estimate of drug-likeness (QED) is 0.594. The highest BCUT2D eigenvalue weighted by molar-refractivity contribution is 9.10. The number of halogens is 1. The van der Waals surface area contributed by atoms with Crippen molar-refractivity contribution in [1.82, 2.24) is 9.88 Å². The number of nitrogens with zero attached hydrogens (tertiary/aromatic N) is 4. The first-order valence-electron chi connectivity index (χ1n) is 7.44. The third-order valence-corrected chi connectivity index (χ3v) is 4.37. The minimum Gasteiger partial charge on any atom is -0.362 e. The van der Waals surface area contributed by atoms with Gasteiger partial charge in [0, 0.05) is 49.1 Å². The van der Waals surface area contributed by atoms with E-state index < -0.39 is 0 Å². The second kappa shape index (κ2) is 6.96. The number of para-hydroxylation sites is 2. The average molecular weight is 391 g/mol. The molecule has 1 aromatic heterocycles. The third-order valence-electron chi connectivity index (χ3n) is 3.94. The summed E-state index contributed by atoms with van der Waals surface area (Å²) >= 11 is 3.31. The van der Waals surface area contributed by atoms with E-state index in [1.54, 1.807) is 41.6 Å². The highest BCUT2D eigenvalue weighted by Gasteiger charge is 2.26. The Labute approximate surface area is 147 Å². The van der Waals surface area contributed by atoms with E-state index >= 15 is 0 Å². The third kappa shape index (κ3) is 3.38. The van der Waals surface area contributed by atoms with Crippen molar-refractivity contribution in [3.63, 3.8) is 0 Å². The summed E-state index contributed by atoms with van der Waals surface area (Å²) in [6, 6.07) is 8.42. The Morgan fingerprint density at radius 2 is 1.88 bits per heavy atom. The standard InChI is InChI=1S/C16H15BrN4O3/c17-13-9-12(10-18-11-13)16(22)20-7-5-19(6-8-20)14-3-1-2-4-15(14)21(23)24/h1-4,9-11H,5-8H2. The zero-order valence-corrected chi connectivity index (χ0v) is 14.3. The van der Waals surface area contributed by atoms with E-state index in [1.165, 1.54) is 6.07 Å². The van der Waals surface area contributed by atoms with Crippen LogP contribution in [0.25, 0.3) is 0 Å². The van der Waals surface area contributed by atoms with Gasteiger partial charge in [-0.25, -0.2) is 0 Å². The van der Waals surface area contributed by atoms with Crippen LogP contribution in [0.5, 0.6) is 0 Å². The lowest BCUT2D eigenvalue weighted by molar-refractivity contribution is -0.384. The van der Waals surface area contributed by atoms with Crippen molar-refractivity contribution >= 4 is 33.2 Å². The Balaban J connectivity index is 1.70. The van der Waals surface area contributed by atoms with Crippen molar-refractivity contribution in [3.8, 4) is 0 Å². The molecule has 0 saturated carbocycles. The van der Waals surface area contributed by atoms with Crippen molar-refractivity contribution in [1.29, 1.82) is 0 Å². The second-order valence-electron chi connectivity index (χ2n) is 5.42. The minimum atomic E-state index is -0.375. The first-order chi connectivity index (χ1) is 11.6. The number of rotatable bonds is 3. The smallest absolute Gasteiger partial charge is 0.292 e. The van der Waals surface area contributed by atoms with Crippen LogP contribution in [-0.2, 0) is 0 Å². The second-order valence-corrected chi connectivity index (χ2v) is 6.33. The number of benzene rings is 1. The van der Waals surface area contributed by atoms with E-state index in [0.29, 0.717) is 37.4 Å². The van der Waals surface area contributed by atoms with Gasteiger partial charge in [0.2, 0.25) is 0 Å². The molecule has 24 heavy (non-hydrogen) atoms. The number of nitro benzene ring substituents is 1. The molecule has 0 radical (unpaired) electrons. The molecule has 2 aromatic rings. The number of carbonyl (C=O) groups is 1. The predicted octanol–water partition coefficient (Wildman–Crippen LogP) is 2.71. The lowest BCUT2D eigenvalue weighted by atomic mass is 10.2. The number of aromatic nitrogens is 1. The molecule has 1 aromatic carbocycles. The minimum absolute atomic E-state index is 0.0778. The summed E-state index contributed by atoms with van der Waals surface area (Å²) < 4.78 is 0.756. The largest absolute Gasteiger partial charge is 0.362 e. The van der Waals surface area contributed by atoms with Gasteiger partial charge < -0.3 is 9.80 Å². The first kappa shape index (κ1) is 16.4. The SMILES string of the molecule is O=C(c1cncc(Br)c1)N1CCN(c2ccccc2[N+](=O)[O-])CC1. The van der Waals surface area contributed by atoms with Gasteiger partial charge in [0.1, 0.15) is 5.69 Å². The number of piperazine rings is 1. The van der Waals surface area contributed by atoms with E-state index in [9.17, 15) is 14.9 Å². The number of nitro groups is 1. The average Bonchev–Trinajstić information content (AvgIpc) is 2.61. The summed E-state index contributed by atoms with van der Waals surface area (Å²) in [4.78, 5) is 31.0. The van der Waals surface area contributed by atoms with Crippen LogP contribution >= 0.6 is 15.9 Å². The number of hydrogen-bond donors (Lipinski definition) is 0. The summed E-state index contributed by atoms with van der Waals surface area (Å²) in [5.41, 5.74) is 1.22. The topological polar surface area (TPSA) is 79.6 Å². The highest BCUT2D eigenvalue weighted by atomic mass is 79.9. The molecular formula is C16H15BrN4O3. The number of anilines is 1. The van der Waals surface area contributed by atoms with Crippen molar-refractivity contribution in [3.05, 3.63) is 62.9 Å². The van der Waals surface area contributed by atoms with Gasteiger partial charge in [-0.2, -0.15) is 0 Å². The summed E-state index contributed by atoms with van der Waals surface area (Å²) in [5.74, 6) is -0.0778. The van der Waals surface area contributed by atoms with E-state index in [4.69, 9.17) is 0 Å². The van der Waals surface area contributed by atoms with Crippen LogP contribution in [-0.4, -0.2) is 46.9 Å². The molecule has 0 bridgehead atoms. The van der Waals surface area contributed by atoms with Gasteiger partial charge in [-0.05, 0) is 28.1 Å². The normalized spacial score (nSPS) is 14.5. The van der Waals surface area contributed by atoms with Crippen LogP contribution in [0.3, 0.4) is 0 Å². The fourth-order valence-electron chi connectivity index (χ4n) is 2.75. The fourth-order valence-corrected chi connectivity index (χ4v) is 3.11. The van der Waals surface area contributed by atoms with E-state index in [2.05, 4.69) is 20.9 Å². The fraction of sp³-hybridized carbons (Fsp3) is 0.250. The van der Waals surface area contributed by atoms with E-state index in [-0.39, 0.29) is 16.5 Å². The van der Waals surface area contributed by atoms with E-state index in [0.717, 1.165) is 4.47 Å². The summed E-state index contributed by atoms with van der Waals surface area (Å²) in [6.45, 7) is 2.13. The molecule has 2 heterocycles. The van der Waals surface area contributed by atoms with Crippen LogP contribution in [0.2, 0.25) is 0 Å². The first-order valence-corrected chi connectivity index (χ1v) is 8.24. The Morgan fingerprint density at radius 1 is 1.17 bits per heavy atom. The van der Waals surface area contributed by atoms with Crippen LogP contribution in [0.1, 0.15) is 10.4 Å². The predicted molar refractivity (Wildman–Crippen MR) is 93.1 cm³/mol. The summed E-state index contributed by atoms with van der Waals surface area (Å²) in [6.07, 6.45) is 3.17. The van der Waals surface area contributed by atoms with Gasteiger partial charge in [-0.15, -0.1) is 0 Å². The van der Waals surface area contributed by atoms with E-state index in [1.807, 2.05) is 4.90 Å². The van der Waals surface area contributed by atoms with Gasteiger partial charge in [0.25, 0.3) is 11.6 Å². The van der Waals surface area contributed by atoms with Crippen LogP contribution in [0.15, 0.2) is 47.2 Å². The number of carbonyl (C=O) groups excluding carboxylic acids is 1. The maximum atomic E-state index is 12.5. The van der Waals surface area contributed by atoms with Crippen molar-refractivity contribution in [2.45, 2.75) is 0 Å². The van der Waals surface area contributed by atoms with Crippen molar-refractivity contribution in [2.75, 3.05) is 31.1 Å². The number of hydrogen-bond acceptors (Lipinski definition) is 5. The molecule has 0 unspecified atom stereocenters. The Hall–Kier alpha value is -2.48. The Morgan fingerprint density at radius 3 is 2.54 bits per heavy atom. The van der Waals surface area contributed by atoms with Gasteiger partial charge in [0.15, 0.2) is 0 Å². The molecule has 0 aliphatic carbocycles. The Bertz CT molecular complexity index is 775. The summed E-state index contributed by atoms with van der Waals surface area (Å²) in [7, 11) is 0. The van der Waals surface area contributed by atoms with Gasteiger partial charge in [-0.3, -0.25) is 19.9 Å². The monoisotopic (exact) mass is 390 g/mol. The molecular weight excluding hydrogens is 376 g/mol. The Kier molecular flexibility index (Phi) is 4.75. The summed E-state index contributed by atoms with van der Waals surface area (Å²) in [5, 5.41) is 11.2. The van der Waals surface area contributed by atoms with Crippen LogP contribution in [0, 0.1) is 10.1 Å². The maximum Gasteiger partial charge on any atom is 0.292 e. The highest BCUT2D eigenvalue weighted by Crippen LogP contribution is 2.28. The molecule has 3 rings (SSSR count). The molecule has 8 heteroatoms. The lowest BCUT2D eigenvalue weighted by Crippen LogP contribution is -2.49. The number of pyridine rings is 1. The van der Waals surface area contributed by atoms with Gasteiger partial charge in [-0.1, -0.05) is 12.1 Å². The van der Waals surface area contributed by atoms with Gasteiger partial charge in [0.05, 0.1) is 10.5 Å². The molecule has 0 N–H and O–H groups in total. The van der Waals surface area contributed by atoms with Crippen LogP contribution in [0.4, 0.5) is 11.4 Å². The van der Waals surface area contributed by atoms with Gasteiger partial charge >= 0.3 is 0 Å². The zero-order valence-electron chi connectivity index (χ0n) is 12.8. The molecule has 0 spiro atoms. The lowest BCUT2D eigenvalue weighted by Gasteiger charge is -2.35. The zero-order chi connectivity index (χ0) is 17.1. The molecule has 7 nitrogen and oxygen atoms in total. The molecule has 1 saturated heterocycles.